The predicted octanol–water partition coefficient (Wildman–Crippen LogP) is 3.99. The summed E-state index contributed by atoms with van der Waals surface area (Å²) >= 11 is 0. The Morgan fingerprint density at radius 1 is 1.12 bits per heavy atom. The summed E-state index contributed by atoms with van der Waals surface area (Å²) in [7, 11) is 3.50. The molecule has 1 unspecified atom stereocenters. The molecular weight excluding hydrogens is 627 g/mol. The number of aliphatic hydroxyl groups excluding tert-OH is 1. The third-order valence-corrected chi connectivity index (χ3v) is 10.0. The number of aryl methyl sites for hydroxylation is 2. The summed E-state index contributed by atoms with van der Waals surface area (Å²) in [6.07, 6.45) is 2.53. The molecule has 13 heteroatoms. The first-order chi connectivity index (χ1) is 23.6. The van der Waals surface area contributed by atoms with Crippen molar-refractivity contribution in [2.75, 3.05) is 31.6 Å². The van der Waals surface area contributed by atoms with E-state index in [-0.39, 0.29) is 24.8 Å². The zero-order valence-corrected chi connectivity index (χ0v) is 27.8. The van der Waals surface area contributed by atoms with Crippen LogP contribution >= 0.6 is 0 Å². The highest BCUT2D eigenvalue weighted by molar-refractivity contribution is 6.00. The molecule has 8 rings (SSSR count). The van der Waals surface area contributed by atoms with Gasteiger partial charge < -0.3 is 29.6 Å². The van der Waals surface area contributed by atoms with Crippen LogP contribution < -0.4 is 15.4 Å². The van der Waals surface area contributed by atoms with Gasteiger partial charge in [0.1, 0.15) is 35.0 Å². The van der Waals surface area contributed by atoms with E-state index in [1.807, 2.05) is 30.7 Å². The second-order valence-electron chi connectivity index (χ2n) is 13.7. The van der Waals surface area contributed by atoms with E-state index in [0.29, 0.717) is 53.9 Å². The van der Waals surface area contributed by atoms with Gasteiger partial charge in [-0.2, -0.15) is 0 Å². The number of ether oxygens (including phenoxy) is 1. The highest BCUT2D eigenvalue weighted by Crippen LogP contribution is 2.38. The Bertz CT molecular complexity index is 2130. The van der Waals surface area contributed by atoms with Crippen molar-refractivity contribution in [2.24, 2.45) is 18.7 Å². The van der Waals surface area contributed by atoms with Gasteiger partial charge in [0.05, 0.1) is 30.6 Å². The number of benzene rings is 1. The standard InChI is InChI=1S/C36H39FN8O4/c1-19-10-23(15-39-32(19)44-9-8-29(46)36(44)48)26-7-6-21-12-28(45(33(21)40-26)16-20-4-5-20)34-41-27-11-22(13-30(49-3)31(27)42(34)2)35(47)43-17-24(37)14-25(38)18-43/h6-7,10-13,15,20,24-25,29,46H,4-5,8-9,14,16-18,38H2,1-3H3/t24-,25-,29?/m1/s1. The quantitative estimate of drug-likeness (QED) is 0.266. The molecule has 5 aromatic rings. The van der Waals surface area contributed by atoms with Gasteiger partial charge in [0.25, 0.3) is 11.8 Å². The van der Waals surface area contributed by atoms with Crippen molar-refractivity contribution in [1.29, 1.82) is 0 Å². The molecule has 6 heterocycles. The summed E-state index contributed by atoms with van der Waals surface area (Å²) in [6.45, 7) is 3.44. The van der Waals surface area contributed by atoms with E-state index in [1.54, 1.807) is 30.3 Å². The van der Waals surface area contributed by atoms with Crippen molar-refractivity contribution in [3.8, 4) is 28.5 Å². The molecule has 2 amide bonds. The van der Waals surface area contributed by atoms with Crippen LogP contribution in [0, 0.1) is 12.8 Å². The number of carbonyl (C=O) groups is 2. The van der Waals surface area contributed by atoms with Crippen LogP contribution in [-0.2, 0) is 18.4 Å². The summed E-state index contributed by atoms with van der Waals surface area (Å²) in [5, 5.41) is 10.9. The molecule has 1 aromatic carbocycles. The number of imidazole rings is 1. The first kappa shape index (κ1) is 31.4. The predicted molar refractivity (Wildman–Crippen MR) is 183 cm³/mol. The van der Waals surface area contributed by atoms with E-state index >= 15 is 0 Å². The number of fused-ring (bicyclic) bond motifs is 2. The molecule has 3 N–H and O–H groups in total. The van der Waals surface area contributed by atoms with Crippen molar-refractivity contribution in [3.05, 3.63) is 53.7 Å². The molecule has 2 aliphatic heterocycles. The molecule has 1 aliphatic carbocycles. The summed E-state index contributed by atoms with van der Waals surface area (Å²) in [5.74, 6) is 1.69. The van der Waals surface area contributed by atoms with Crippen LogP contribution in [0.25, 0.3) is 44.8 Å². The summed E-state index contributed by atoms with van der Waals surface area (Å²) in [4.78, 5) is 43.8. The summed E-state index contributed by atoms with van der Waals surface area (Å²) in [5.41, 5.74) is 11.9. The molecule has 0 spiro atoms. The molecule has 49 heavy (non-hydrogen) atoms. The lowest BCUT2D eigenvalue weighted by molar-refractivity contribution is -0.124. The number of hydrogen-bond donors (Lipinski definition) is 2. The van der Waals surface area contributed by atoms with Crippen LogP contribution in [-0.4, -0.2) is 91.0 Å². The molecule has 2 saturated heterocycles. The third kappa shape index (κ3) is 5.50. The number of aromatic nitrogens is 5. The average Bonchev–Trinajstić information content (AvgIpc) is 3.64. The fraction of sp³-hybridized carbons (Fsp3) is 0.417. The Morgan fingerprint density at radius 2 is 1.94 bits per heavy atom. The lowest BCUT2D eigenvalue weighted by Gasteiger charge is -2.33. The number of rotatable bonds is 7. The van der Waals surface area contributed by atoms with Gasteiger partial charge in [0, 0.05) is 61.9 Å². The van der Waals surface area contributed by atoms with Crippen LogP contribution in [0.4, 0.5) is 10.2 Å². The zero-order chi connectivity index (χ0) is 34.1. The number of likely N-dealkylation sites (tertiary alicyclic amines) is 1. The number of alkyl halides is 1. The van der Waals surface area contributed by atoms with Gasteiger partial charge in [0.15, 0.2) is 5.82 Å². The van der Waals surface area contributed by atoms with Crippen molar-refractivity contribution in [2.45, 2.75) is 57.5 Å². The average molecular weight is 667 g/mol. The molecule has 3 fully saturated rings. The first-order valence-electron chi connectivity index (χ1n) is 16.8. The highest BCUT2D eigenvalue weighted by Gasteiger charge is 2.33. The maximum atomic E-state index is 14.3. The highest BCUT2D eigenvalue weighted by atomic mass is 19.1. The van der Waals surface area contributed by atoms with E-state index in [0.717, 1.165) is 58.5 Å². The lowest BCUT2D eigenvalue weighted by atomic mass is 10.0. The van der Waals surface area contributed by atoms with Crippen LogP contribution in [0.2, 0.25) is 0 Å². The van der Waals surface area contributed by atoms with E-state index in [2.05, 4.69) is 21.7 Å². The second kappa shape index (κ2) is 11.9. The number of piperidine rings is 1. The van der Waals surface area contributed by atoms with Gasteiger partial charge >= 0.3 is 0 Å². The number of methoxy groups -OCH3 is 1. The minimum Gasteiger partial charge on any atom is -0.494 e. The van der Waals surface area contributed by atoms with Crippen LogP contribution in [0.5, 0.6) is 5.75 Å². The first-order valence-corrected chi connectivity index (χ1v) is 16.8. The number of halogens is 1. The number of hydrogen-bond acceptors (Lipinski definition) is 8. The zero-order valence-electron chi connectivity index (χ0n) is 27.8. The molecule has 1 saturated carbocycles. The number of amides is 2. The second-order valence-corrected chi connectivity index (χ2v) is 13.7. The van der Waals surface area contributed by atoms with Crippen molar-refractivity contribution in [3.63, 3.8) is 0 Å². The van der Waals surface area contributed by atoms with Crippen LogP contribution in [0.15, 0.2) is 42.6 Å². The van der Waals surface area contributed by atoms with Crippen molar-refractivity contribution < 1.29 is 23.8 Å². The lowest BCUT2D eigenvalue weighted by Crippen LogP contribution is -2.50. The minimum atomic E-state index is -1.16. The number of pyridine rings is 2. The molecule has 0 bridgehead atoms. The van der Waals surface area contributed by atoms with Gasteiger partial charge in [-0.15, -0.1) is 0 Å². The number of aliphatic hydroxyl groups is 1. The maximum Gasteiger partial charge on any atom is 0.257 e. The van der Waals surface area contributed by atoms with E-state index in [4.69, 9.17) is 20.4 Å². The molecule has 254 valence electrons. The normalized spacial score (nSPS) is 21.3. The molecular formula is C36H39FN8O4. The fourth-order valence-electron chi connectivity index (χ4n) is 7.32. The van der Waals surface area contributed by atoms with Gasteiger partial charge in [-0.25, -0.2) is 19.3 Å². The monoisotopic (exact) mass is 666 g/mol. The Kier molecular flexibility index (Phi) is 7.63. The van der Waals surface area contributed by atoms with Crippen molar-refractivity contribution >= 4 is 39.7 Å². The van der Waals surface area contributed by atoms with Crippen LogP contribution in [0.1, 0.15) is 41.6 Å². The van der Waals surface area contributed by atoms with E-state index < -0.39 is 18.3 Å². The molecule has 3 atom stereocenters. The summed E-state index contributed by atoms with van der Waals surface area (Å²) < 4.78 is 24.3. The maximum absolute atomic E-state index is 14.3. The molecule has 12 nitrogen and oxygen atoms in total. The number of carbonyl (C=O) groups excluding carboxylic acids is 2. The topological polar surface area (TPSA) is 145 Å². The van der Waals surface area contributed by atoms with Gasteiger partial charge in [-0.3, -0.25) is 14.5 Å². The SMILES string of the molecule is COc1cc(C(=O)N2C[C@H](N)C[C@@H](F)C2)cc2nc(-c3cc4ccc(-c5cnc(N6CCC(O)C6=O)c(C)c5)nc4n3CC3CC3)n(C)c12. The Hall–Kier alpha value is -4.88. The van der Waals surface area contributed by atoms with Crippen LogP contribution in [0.3, 0.4) is 0 Å². The van der Waals surface area contributed by atoms with E-state index in [9.17, 15) is 19.1 Å². The van der Waals surface area contributed by atoms with Gasteiger partial charge in [0.2, 0.25) is 0 Å². The number of nitrogens with zero attached hydrogens (tertiary/aromatic N) is 7. The minimum absolute atomic E-state index is 0.0125. The Labute approximate surface area is 282 Å². The van der Waals surface area contributed by atoms with Crippen molar-refractivity contribution in [1.82, 2.24) is 29.0 Å². The largest absolute Gasteiger partial charge is 0.494 e. The Balaban J connectivity index is 1.19. The third-order valence-electron chi connectivity index (χ3n) is 10.0. The molecule has 3 aliphatic rings. The number of nitrogens with two attached hydrogens (primary N) is 1. The Morgan fingerprint density at radius 3 is 2.63 bits per heavy atom. The van der Waals surface area contributed by atoms with E-state index in [1.165, 1.54) is 4.90 Å². The molecule has 4 aromatic heterocycles. The summed E-state index contributed by atoms with van der Waals surface area (Å²) in [6, 6.07) is 11.1. The number of anilines is 1. The fourth-order valence-corrected chi connectivity index (χ4v) is 7.32. The molecule has 0 radical (unpaired) electrons. The van der Waals surface area contributed by atoms with Gasteiger partial charge in [-0.05, 0) is 74.1 Å². The van der Waals surface area contributed by atoms with Gasteiger partial charge in [-0.1, -0.05) is 0 Å². The smallest absolute Gasteiger partial charge is 0.257 e.